The Morgan fingerprint density at radius 2 is 1.65 bits per heavy atom. The van der Waals surface area contributed by atoms with Crippen LogP contribution in [0.2, 0.25) is 0 Å². The van der Waals surface area contributed by atoms with E-state index >= 15 is 0 Å². The van der Waals surface area contributed by atoms with Crippen molar-refractivity contribution >= 4 is 11.9 Å². The third-order valence-corrected chi connectivity index (χ3v) is 5.04. The quantitative estimate of drug-likeness (QED) is 0.596. The van der Waals surface area contributed by atoms with Gasteiger partial charge in [0, 0.05) is 45.8 Å². The number of hydrogen-bond acceptors (Lipinski definition) is 3. The van der Waals surface area contributed by atoms with E-state index < -0.39 is 12.2 Å². The second kappa shape index (κ2) is 9.43. The highest BCUT2D eigenvalue weighted by Gasteiger charge is 2.41. The molecule has 0 aromatic heterocycles. The van der Waals surface area contributed by atoms with Crippen molar-refractivity contribution in [1.29, 1.82) is 0 Å². The average molecular weight is 377 g/mol. The molecule has 0 radical (unpaired) electrons. The molecule has 0 saturated carbocycles. The lowest BCUT2D eigenvalue weighted by molar-refractivity contribution is -0.181. The van der Waals surface area contributed by atoms with Gasteiger partial charge in [-0.25, -0.2) is 4.99 Å². The zero-order chi connectivity index (χ0) is 19.2. The number of piperidine rings is 1. The maximum atomic E-state index is 12.9. The van der Waals surface area contributed by atoms with E-state index in [9.17, 15) is 18.0 Å². The van der Waals surface area contributed by atoms with Crippen molar-refractivity contribution in [2.24, 2.45) is 4.99 Å². The summed E-state index contributed by atoms with van der Waals surface area (Å²) in [4.78, 5) is 21.9. The molecule has 2 saturated heterocycles. The summed E-state index contributed by atoms with van der Waals surface area (Å²) in [6.07, 6.45) is -0.971. The zero-order valence-electron chi connectivity index (χ0n) is 15.7. The molecule has 0 spiro atoms. The van der Waals surface area contributed by atoms with Gasteiger partial charge < -0.3 is 15.1 Å². The fourth-order valence-electron chi connectivity index (χ4n) is 3.34. The van der Waals surface area contributed by atoms with Crippen molar-refractivity contribution in [3.63, 3.8) is 0 Å². The molecule has 150 valence electrons. The third kappa shape index (κ3) is 5.75. The summed E-state index contributed by atoms with van der Waals surface area (Å²) in [5.74, 6) is 0.626. The highest BCUT2D eigenvalue weighted by molar-refractivity contribution is 5.85. The molecule has 1 N–H and O–H groups in total. The number of hydrogen-bond donors (Lipinski definition) is 1. The Morgan fingerprint density at radius 1 is 1.04 bits per heavy atom. The lowest BCUT2D eigenvalue weighted by Gasteiger charge is -2.39. The zero-order valence-corrected chi connectivity index (χ0v) is 15.7. The smallest absolute Gasteiger partial charge is 0.357 e. The molecule has 0 aromatic carbocycles. The van der Waals surface area contributed by atoms with Crippen LogP contribution in [0.4, 0.5) is 13.2 Å². The van der Waals surface area contributed by atoms with Gasteiger partial charge >= 0.3 is 6.18 Å². The molecular weight excluding hydrogens is 347 g/mol. The molecule has 1 atom stereocenters. The van der Waals surface area contributed by atoms with Crippen LogP contribution in [0.25, 0.3) is 0 Å². The minimum Gasteiger partial charge on any atom is -0.357 e. The van der Waals surface area contributed by atoms with Gasteiger partial charge in [0.25, 0.3) is 0 Å². The first-order valence-electron chi connectivity index (χ1n) is 9.44. The largest absolute Gasteiger partial charge is 0.403 e. The van der Waals surface area contributed by atoms with Crippen LogP contribution in [0.3, 0.4) is 0 Å². The summed E-state index contributed by atoms with van der Waals surface area (Å²) >= 11 is 0. The van der Waals surface area contributed by atoms with Crippen LogP contribution in [0.15, 0.2) is 4.99 Å². The summed E-state index contributed by atoms with van der Waals surface area (Å²) in [5, 5.41) is 3.15. The van der Waals surface area contributed by atoms with Crippen molar-refractivity contribution in [3.8, 4) is 0 Å². The molecule has 0 aliphatic carbocycles. The van der Waals surface area contributed by atoms with E-state index in [2.05, 4.69) is 10.3 Å². The van der Waals surface area contributed by atoms with Crippen molar-refractivity contribution in [2.75, 3.05) is 52.4 Å². The van der Waals surface area contributed by atoms with Crippen LogP contribution in [0.5, 0.6) is 0 Å². The molecule has 9 heteroatoms. The van der Waals surface area contributed by atoms with Crippen LogP contribution in [-0.2, 0) is 4.79 Å². The SMILES string of the molecule is CCNC(=NCC(=O)N1CCCCC1)N1CCN(C(C)C(F)(F)F)CC1. The summed E-state index contributed by atoms with van der Waals surface area (Å²) in [6, 6.07) is -1.44. The Labute approximate surface area is 153 Å². The van der Waals surface area contributed by atoms with Crippen molar-refractivity contribution in [1.82, 2.24) is 20.0 Å². The molecule has 2 fully saturated rings. The number of piperazine rings is 1. The molecule has 1 amide bonds. The van der Waals surface area contributed by atoms with Crippen molar-refractivity contribution in [2.45, 2.75) is 45.3 Å². The topological polar surface area (TPSA) is 51.2 Å². The van der Waals surface area contributed by atoms with Crippen LogP contribution < -0.4 is 5.32 Å². The number of rotatable bonds is 4. The first kappa shape index (κ1) is 20.8. The number of halogens is 3. The van der Waals surface area contributed by atoms with Crippen LogP contribution in [0, 0.1) is 0 Å². The molecule has 26 heavy (non-hydrogen) atoms. The van der Waals surface area contributed by atoms with E-state index in [0.717, 1.165) is 32.4 Å². The maximum absolute atomic E-state index is 12.9. The van der Waals surface area contributed by atoms with E-state index in [-0.39, 0.29) is 12.5 Å². The highest BCUT2D eigenvalue weighted by atomic mass is 19.4. The molecule has 1 unspecified atom stereocenters. The molecule has 2 aliphatic rings. The Morgan fingerprint density at radius 3 is 2.19 bits per heavy atom. The van der Waals surface area contributed by atoms with E-state index in [1.54, 1.807) is 0 Å². The van der Waals surface area contributed by atoms with Crippen LogP contribution in [0.1, 0.15) is 33.1 Å². The second-order valence-corrected chi connectivity index (χ2v) is 6.85. The molecular formula is C17H30F3N5O. The van der Waals surface area contributed by atoms with Crippen molar-refractivity contribution in [3.05, 3.63) is 0 Å². The van der Waals surface area contributed by atoms with Crippen LogP contribution in [-0.4, -0.2) is 91.1 Å². The van der Waals surface area contributed by atoms with Gasteiger partial charge in [-0.05, 0) is 33.1 Å². The Kier molecular flexibility index (Phi) is 7.55. The maximum Gasteiger partial charge on any atom is 0.403 e. The number of nitrogens with one attached hydrogen (secondary N) is 1. The monoisotopic (exact) mass is 377 g/mol. The van der Waals surface area contributed by atoms with Gasteiger partial charge in [-0.15, -0.1) is 0 Å². The predicted molar refractivity (Wildman–Crippen MR) is 95.1 cm³/mol. The first-order valence-corrected chi connectivity index (χ1v) is 9.44. The normalized spacial score (nSPS) is 21.7. The van der Waals surface area contributed by atoms with Gasteiger partial charge in [0.15, 0.2) is 5.96 Å². The lowest BCUT2D eigenvalue weighted by atomic mass is 10.1. The highest BCUT2D eigenvalue weighted by Crippen LogP contribution is 2.25. The molecule has 2 rings (SSSR count). The van der Waals surface area contributed by atoms with Crippen LogP contribution >= 0.6 is 0 Å². The standard InChI is InChI=1S/C17H30F3N5O/c1-3-21-16(22-13-15(26)24-7-5-4-6-8-24)25-11-9-23(10-12-25)14(2)17(18,19)20/h14H,3-13H2,1-2H3,(H,21,22). The van der Waals surface area contributed by atoms with Gasteiger partial charge in [-0.2, -0.15) is 13.2 Å². The fraction of sp³-hybridized carbons (Fsp3) is 0.882. The van der Waals surface area contributed by atoms with E-state index in [0.29, 0.717) is 38.7 Å². The van der Waals surface area contributed by atoms with Gasteiger partial charge in [-0.1, -0.05) is 0 Å². The minimum atomic E-state index is -4.21. The Bertz CT molecular complexity index is 483. The number of carbonyl (C=O) groups excluding carboxylic acids is 1. The minimum absolute atomic E-state index is 0.0180. The molecule has 6 nitrogen and oxygen atoms in total. The van der Waals surface area contributed by atoms with Crippen molar-refractivity contribution < 1.29 is 18.0 Å². The molecule has 2 aliphatic heterocycles. The van der Waals surface area contributed by atoms with E-state index in [1.165, 1.54) is 11.8 Å². The second-order valence-electron chi connectivity index (χ2n) is 6.85. The third-order valence-electron chi connectivity index (χ3n) is 5.04. The van der Waals surface area contributed by atoms with Gasteiger partial charge in [0.1, 0.15) is 12.6 Å². The number of likely N-dealkylation sites (tertiary alicyclic amines) is 1. The summed E-state index contributed by atoms with van der Waals surface area (Å²) in [5.41, 5.74) is 0. The number of carbonyl (C=O) groups is 1. The first-order chi connectivity index (χ1) is 12.3. The number of guanidine groups is 1. The molecule has 0 aromatic rings. The average Bonchev–Trinajstić information content (AvgIpc) is 2.64. The van der Waals surface area contributed by atoms with E-state index in [1.807, 2.05) is 16.7 Å². The fourth-order valence-corrected chi connectivity index (χ4v) is 3.34. The summed E-state index contributed by atoms with van der Waals surface area (Å²) in [6.45, 7) is 7.02. The number of nitrogens with zero attached hydrogens (tertiary/aromatic N) is 4. The summed E-state index contributed by atoms with van der Waals surface area (Å²) in [7, 11) is 0. The molecule has 0 bridgehead atoms. The van der Waals surface area contributed by atoms with Gasteiger partial charge in [-0.3, -0.25) is 9.69 Å². The van der Waals surface area contributed by atoms with Gasteiger partial charge in [0.05, 0.1) is 0 Å². The van der Waals surface area contributed by atoms with E-state index in [4.69, 9.17) is 0 Å². The number of amides is 1. The Balaban J connectivity index is 1.90. The van der Waals surface area contributed by atoms with Gasteiger partial charge in [0.2, 0.25) is 5.91 Å². The number of alkyl halides is 3. The lowest BCUT2D eigenvalue weighted by Crippen LogP contribution is -2.56. The Hall–Kier alpha value is -1.51. The predicted octanol–water partition coefficient (Wildman–Crippen LogP) is 1.53. The molecule has 2 heterocycles. The summed E-state index contributed by atoms with van der Waals surface area (Å²) < 4.78 is 38.6. The number of aliphatic imine (C=N–C) groups is 1.